The van der Waals surface area contributed by atoms with E-state index in [1.165, 1.54) is 6.20 Å². The summed E-state index contributed by atoms with van der Waals surface area (Å²) in [6.45, 7) is 6.09. The van der Waals surface area contributed by atoms with E-state index in [1.54, 1.807) is 33.0 Å². The zero-order chi connectivity index (χ0) is 16.3. The van der Waals surface area contributed by atoms with E-state index in [9.17, 15) is 9.18 Å². The highest BCUT2D eigenvalue weighted by atomic mass is 19.1. The van der Waals surface area contributed by atoms with Gasteiger partial charge in [-0.3, -0.25) is 4.98 Å². The molecule has 22 heavy (non-hydrogen) atoms. The van der Waals surface area contributed by atoms with E-state index in [0.29, 0.717) is 12.2 Å². The molecule has 6 nitrogen and oxygen atoms in total. The van der Waals surface area contributed by atoms with Crippen LogP contribution in [0.5, 0.6) is 0 Å². The number of carbonyl (C=O) groups is 1. The summed E-state index contributed by atoms with van der Waals surface area (Å²) >= 11 is 0. The molecule has 7 heteroatoms. The highest BCUT2D eigenvalue weighted by Crippen LogP contribution is 2.26. The van der Waals surface area contributed by atoms with E-state index >= 15 is 0 Å². The van der Waals surface area contributed by atoms with Crippen LogP contribution in [0.2, 0.25) is 0 Å². The number of nitrogens with two attached hydrogens (primary N) is 1. The lowest BCUT2D eigenvalue weighted by Crippen LogP contribution is -2.52. The van der Waals surface area contributed by atoms with Crippen molar-refractivity contribution in [2.24, 2.45) is 0 Å². The standard InChI is InChI=1S/C15H23FN4O2/c1-15(2,3)22-14(21)19-11-6-10(16)8-20(9-11)13-4-5-18-7-12(13)17/h4-5,7,10-11H,6,8-9,17H2,1-3H3,(H,19,21)/t10?,11-/m0/s1. The number of nitrogens with zero attached hydrogens (tertiary/aromatic N) is 2. The lowest BCUT2D eigenvalue weighted by molar-refractivity contribution is 0.0491. The molecule has 1 aromatic heterocycles. The van der Waals surface area contributed by atoms with E-state index < -0.39 is 17.9 Å². The van der Waals surface area contributed by atoms with Crippen molar-refractivity contribution >= 4 is 17.5 Å². The van der Waals surface area contributed by atoms with Gasteiger partial charge < -0.3 is 20.7 Å². The number of nitrogens with one attached hydrogen (secondary N) is 1. The van der Waals surface area contributed by atoms with Gasteiger partial charge in [-0.15, -0.1) is 0 Å². The zero-order valence-corrected chi connectivity index (χ0v) is 13.2. The molecule has 1 saturated heterocycles. The number of ether oxygens (including phenoxy) is 1. The number of alkyl halides is 1. The largest absolute Gasteiger partial charge is 0.444 e. The van der Waals surface area contributed by atoms with Crippen molar-refractivity contribution in [1.29, 1.82) is 0 Å². The molecule has 1 aliphatic heterocycles. The van der Waals surface area contributed by atoms with E-state index in [0.717, 1.165) is 5.69 Å². The van der Waals surface area contributed by atoms with Crippen LogP contribution in [0.4, 0.5) is 20.6 Å². The van der Waals surface area contributed by atoms with Gasteiger partial charge >= 0.3 is 6.09 Å². The summed E-state index contributed by atoms with van der Waals surface area (Å²) in [4.78, 5) is 17.6. The molecule has 0 aliphatic carbocycles. The fraction of sp³-hybridized carbons (Fsp3) is 0.600. The van der Waals surface area contributed by atoms with Gasteiger partial charge in [-0.2, -0.15) is 0 Å². The van der Waals surface area contributed by atoms with Crippen LogP contribution in [-0.2, 0) is 4.74 Å². The second-order valence-corrected chi connectivity index (χ2v) is 6.52. The third kappa shape index (κ3) is 4.47. The highest BCUT2D eigenvalue weighted by Gasteiger charge is 2.30. The second kappa shape index (κ2) is 6.37. The van der Waals surface area contributed by atoms with Crippen molar-refractivity contribution in [2.45, 2.75) is 45.0 Å². The summed E-state index contributed by atoms with van der Waals surface area (Å²) in [5.74, 6) is 0. The zero-order valence-electron chi connectivity index (χ0n) is 13.2. The average molecular weight is 310 g/mol. The number of carbonyl (C=O) groups excluding carboxylic acids is 1. The van der Waals surface area contributed by atoms with Crippen LogP contribution >= 0.6 is 0 Å². The molecule has 1 aromatic rings. The van der Waals surface area contributed by atoms with Crippen LogP contribution in [0.1, 0.15) is 27.2 Å². The third-order valence-electron chi connectivity index (χ3n) is 3.29. The van der Waals surface area contributed by atoms with Gasteiger partial charge in [-0.25, -0.2) is 9.18 Å². The van der Waals surface area contributed by atoms with Crippen LogP contribution in [0, 0.1) is 0 Å². The predicted molar refractivity (Wildman–Crippen MR) is 83.5 cm³/mol. The van der Waals surface area contributed by atoms with Gasteiger partial charge in [0.2, 0.25) is 0 Å². The Balaban J connectivity index is 2.02. The first-order chi connectivity index (χ1) is 10.2. The first-order valence-corrected chi connectivity index (χ1v) is 7.32. The lowest BCUT2D eigenvalue weighted by atomic mass is 10.0. The van der Waals surface area contributed by atoms with E-state index in [-0.39, 0.29) is 19.0 Å². The molecule has 0 spiro atoms. The van der Waals surface area contributed by atoms with Crippen LogP contribution < -0.4 is 16.0 Å². The molecular weight excluding hydrogens is 287 g/mol. The van der Waals surface area contributed by atoms with Crippen molar-refractivity contribution in [3.05, 3.63) is 18.5 Å². The van der Waals surface area contributed by atoms with Crippen molar-refractivity contribution in [1.82, 2.24) is 10.3 Å². The Bertz CT molecular complexity index is 533. The Morgan fingerprint density at radius 2 is 2.23 bits per heavy atom. The molecule has 0 radical (unpaired) electrons. The number of rotatable bonds is 2. The van der Waals surface area contributed by atoms with Gasteiger partial charge in [0.1, 0.15) is 11.8 Å². The smallest absolute Gasteiger partial charge is 0.407 e. The summed E-state index contributed by atoms with van der Waals surface area (Å²) in [5.41, 5.74) is 6.53. The van der Waals surface area contributed by atoms with E-state index in [1.807, 2.05) is 4.90 Å². The minimum absolute atomic E-state index is 0.251. The molecule has 1 fully saturated rings. The number of amides is 1. The predicted octanol–water partition coefficient (Wildman–Crippen LogP) is 2.11. The summed E-state index contributed by atoms with van der Waals surface area (Å²) in [6.07, 6.45) is 1.84. The Hall–Kier alpha value is -2.05. The summed E-state index contributed by atoms with van der Waals surface area (Å²) in [6, 6.07) is 1.42. The number of anilines is 2. The molecule has 3 N–H and O–H groups in total. The minimum atomic E-state index is -1.04. The fourth-order valence-electron chi connectivity index (χ4n) is 2.50. The summed E-state index contributed by atoms with van der Waals surface area (Å²) in [5, 5.41) is 2.73. The van der Waals surface area contributed by atoms with Crippen molar-refractivity contribution in [2.75, 3.05) is 23.7 Å². The minimum Gasteiger partial charge on any atom is -0.444 e. The highest BCUT2D eigenvalue weighted by molar-refractivity contribution is 5.69. The number of halogens is 1. The van der Waals surface area contributed by atoms with Gasteiger partial charge in [0.25, 0.3) is 0 Å². The third-order valence-corrected chi connectivity index (χ3v) is 3.29. The van der Waals surface area contributed by atoms with Crippen LogP contribution in [0.25, 0.3) is 0 Å². The molecule has 122 valence electrons. The summed E-state index contributed by atoms with van der Waals surface area (Å²) in [7, 11) is 0. The van der Waals surface area contributed by atoms with Crippen LogP contribution in [0.3, 0.4) is 0 Å². The van der Waals surface area contributed by atoms with Crippen LogP contribution in [0.15, 0.2) is 18.5 Å². The monoisotopic (exact) mass is 310 g/mol. The quantitative estimate of drug-likeness (QED) is 0.874. The number of hydrogen-bond acceptors (Lipinski definition) is 5. The first kappa shape index (κ1) is 16.3. The molecule has 2 atom stereocenters. The maximum absolute atomic E-state index is 14.0. The average Bonchev–Trinajstić information content (AvgIpc) is 2.35. The molecular formula is C15H23FN4O2. The van der Waals surface area contributed by atoms with Gasteiger partial charge in [0.05, 0.1) is 23.6 Å². The molecule has 1 aliphatic rings. The molecule has 1 amide bonds. The Labute approximate surface area is 129 Å². The Kier molecular flexibility index (Phi) is 4.73. The molecule has 1 unspecified atom stereocenters. The van der Waals surface area contributed by atoms with Crippen LogP contribution in [-0.4, -0.2) is 42.0 Å². The summed E-state index contributed by atoms with van der Waals surface area (Å²) < 4.78 is 19.2. The normalized spacial score (nSPS) is 22.3. The molecule has 0 bridgehead atoms. The lowest BCUT2D eigenvalue weighted by Gasteiger charge is -2.37. The van der Waals surface area contributed by atoms with Gasteiger partial charge in [-0.05, 0) is 26.8 Å². The number of nitrogen functional groups attached to an aromatic ring is 1. The van der Waals surface area contributed by atoms with Crippen molar-refractivity contribution in [3.63, 3.8) is 0 Å². The Morgan fingerprint density at radius 3 is 2.86 bits per heavy atom. The van der Waals surface area contributed by atoms with Crippen molar-refractivity contribution in [3.8, 4) is 0 Å². The van der Waals surface area contributed by atoms with E-state index in [2.05, 4.69) is 10.3 Å². The number of piperidine rings is 1. The van der Waals surface area contributed by atoms with Gasteiger partial charge in [0, 0.05) is 25.7 Å². The Morgan fingerprint density at radius 1 is 1.50 bits per heavy atom. The molecule has 2 rings (SSSR count). The number of pyridine rings is 1. The number of hydrogen-bond donors (Lipinski definition) is 2. The topological polar surface area (TPSA) is 80.5 Å². The van der Waals surface area contributed by atoms with E-state index in [4.69, 9.17) is 10.5 Å². The molecule has 0 saturated carbocycles. The maximum Gasteiger partial charge on any atom is 0.407 e. The number of alkyl carbamates (subject to hydrolysis) is 1. The first-order valence-electron chi connectivity index (χ1n) is 7.32. The molecule has 0 aromatic carbocycles. The van der Waals surface area contributed by atoms with Crippen molar-refractivity contribution < 1.29 is 13.9 Å². The molecule has 2 heterocycles. The fourth-order valence-corrected chi connectivity index (χ4v) is 2.50. The second-order valence-electron chi connectivity index (χ2n) is 6.52. The van der Waals surface area contributed by atoms with Gasteiger partial charge in [-0.1, -0.05) is 0 Å². The SMILES string of the molecule is CC(C)(C)OC(=O)N[C@H]1CC(F)CN(c2ccncc2N)C1. The number of aromatic nitrogens is 1. The van der Waals surface area contributed by atoms with Gasteiger partial charge in [0.15, 0.2) is 0 Å². The maximum atomic E-state index is 14.0.